The maximum atomic E-state index is 14.0. The highest BCUT2D eigenvalue weighted by molar-refractivity contribution is 7.89. The molecule has 0 spiro atoms. The number of halogens is 5. The third-order valence-electron chi connectivity index (χ3n) is 5.91. The molecule has 4 rings (SSSR count). The summed E-state index contributed by atoms with van der Waals surface area (Å²) in [5.41, 5.74) is 4.13. The van der Waals surface area contributed by atoms with E-state index in [1.807, 2.05) is 0 Å². The highest BCUT2D eigenvalue weighted by atomic mass is 35.5. The van der Waals surface area contributed by atoms with E-state index in [9.17, 15) is 31.2 Å². The highest BCUT2D eigenvalue weighted by Gasteiger charge is 2.52. The van der Waals surface area contributed by atoms with Gasteiger partial charge in [0.1, 0.15) is 11.3 Å². The van der Waals surface area contributed by atoms with Crippen molar-refractivity contribution >= 4 is 56.7 Å². The molecule has 208 valence electrons. The molecular formula is C23H20Cl2F3N5O5S. The van der Waals surface area contributed by atoms with Crippen molar-refractivity contribution in [2.24, 2.45) is 5.73 Å². The normalized spacial score (nSPS) is 18.2. The fourth-order valence-corrected chi connectivity index (χ4v) is 6.11. The number of hydrogen-bond donors (Lipinski definition) is 2. The first kappa shape index (κ1) is 28.7. The van der Waals surface area contributed by atoms with Crippen LogP contribution in [0.15, 0.2) is 53.7 Å². The number of imidazole rings is 1. The molecule has 2 atom stereocenters. The van der Waals surface area contributed by atoms with Crippen molar-refractivity contribution in [2.75, 3.05) is 4.90 Å². The average molecular weight is 606 g/mol. The Morgan fingerprint density at radius 3 is 2.31 bits per heavy atom. The largest absolute Gasteiger partial charge is 0.573 e. The van der Waals surface area contributed by atoms with Crippen LogP contribution in [0.25, 0.3) is 0 Å². The minimum absolute atomic E-state index is 0.0926. The molecule has 1 aliphatic rings. The number of nitrogens with zero attached hydrogens (tertiary/aromatic N) is 3. The second-order valence-corrected chi connectivity index (χ2v) is 11.4. The number of nitrogens with one attached hydrogen (secondary N) is 1. The van der Waals surface area contributed by atoms with Crippen LogP contribution in [-0.2, 0) is 31.6 Å². The van der Waals surface area contributed by atoms with Crippen LogP contribution in [0.4, 0.5) is 24.8 Å². The Kier molecular flexibility index (Phi) is 7.36. The zero-order valence-electron chi connectivity index (χ0n) is 20.2. The van der Waals surface area contributed by atoms with E-state index in [0.717, 1.165) is 23.2 Å². The first-order chi connectivity index (χ1) is 18.0. The number of carbonyl (C=O) groups excluding carboxylic acids is 2. The molecule has 0 bridgehead atoms. The molecule has 2 amide bonds. The molecule has 16 heteroatoms. The van der Waals surface area contributed by atoms with Gasteiger partial charge in [-0.1, -0.05) is 35.3 Å². The molecule has 0 fully saturated rings. The van der Waals surface area contributed by atoms with Crippen LogP contribution in [0, 0.1) is 0 Å². The SMILES string of the molecule is CC(NS(=O)(=O)c1cnc2n1C(C)(Cc1ccc(OC(F)(F)F)cc1)C(=O)N2c1cc(Cl)cc(Cl)c1)C(N)=O. The van der Waals surface area contributed by atoms with Gasteiger partial charge in [-0.3, -0.25) is 14.2 Å². The zero-order chi connectivity index (χ0) is 28.9. The number of primary amides is 1. The second-order valence-electron chi connectivity index (χ2n) is 8.89. The number of nitrogens with two attached hydrogens (primary N) is 1. The van der Waals surface area contributed by atoms with E-state index < -0.39 is 50.6 Å². The lowest BCUT2D eigenvalue weighted by Crippen LogP contribution is -2.45. The standard InChI is InChI=1S/C23H20Cl2F3N5O5S/c1-12(19(29)34)31-39(36,37)18-11-30-21-32(16-8-14(24)7-15(25)9-16)20(35)22(2,33(18)21)10-13-3-5-17(6-4-13)38-23(26,27)28/h3-9,11-12,31H,10H2,1-2H3,(H2,29,34). The number of fused-ring (bicyclic) bond motifs is 1. The lowest BCUT2D eigenvalue weighted by molar-refractivity contribution is -0.274. The van der Waals surface area contributed by atoms with E-state index in [2.05, 4.69) is 14.4 Å². The third-order valence-corrected chi connectivity index (χ3v) is 7.85. The number of alkyl halides is 3. The molecule has 0 saturated carbocycles. The molecule has 2 aromatic carbocycles. The van der Waals surface area contributed by atoms with Crippen molar-refractivity contribution in [1.29, 1.82) is 0 Å². The number of rotatable bonds is 8. The van der Waals surface area contributed by atoms with E-state index in [1.54, 1.807) is 0 Å². The van der Waals surface area contributed by atoms with Gasteiger partial charge < -0.3 is 10.5 Å². The lowest BCUT2D eigenvalue weighted by Gasteiger charge is -2.27. The molecule has 39 heavy (non-hydrogen) atoms. The predicted octanol–water partition coefficient (Wildman–Crippen LogP) is 3.88. The van der Waals surface area contributed by atoms with Gasteiger partial charge in [0.05, 0.1) is 17.9 Å². The number of carbonyl (C=O) groups is 2. The van der Waals surface area contributed by atoms with Crippen molar-refractivity contribution in [3.8, 4) is 5.75 Å². The van der Waals surface area contributed by atoms with Crippen LogP contribution in [0.5, 0.6) is 5.75 Å². The molecule has 0 saturated heterocycles. The maximum Gasteiger partial charge on any atom is 0.573 e. The summed E-state index contributed by atoms with van der Waals surface area (Å²) in [5, 5.41) is -0.0572. The minimum atomic E-state index is -4.89. The summed E-state index contributed by atoms with van der Waals surface area (Å²) in [6.45, 7) is 2.69. The Balaban J connectivity index is 1.84. The Bertz CT molecular complexity index is 1540. The number of benzene rings is 2. The number of amides is 2. The van der Waals surface area contributed by atoms with Gasteiger partial charge in [-0.25, -0.2) is 18.3 Å². The van der Waals surface area contributed by atoms with Gasteiger partial charge in [0.2, 0.25) is 11.9 Å². The third kappa shape index (κ3) is 5.69. The van der Waals surface area contributed by atoms with Crippen LogP contribution in [0.3, 0.4) is 0 Å². The molecule has 2 unspecified atom stereocenters. The van der Waals surface area contributed by atoms with E-state index in [0.29, 0.717) is 5.56 Å². The van der Waals surface area contributed by atoms with Crippen LogP contribution in [0.1, 0.15) is 19.4 Å². The van der Waals surface area contributed by atoms with Gasteiger partial charge in [-0.05, 0) is 49.7 Å². The number of anilines is 2. The van der Waals surface area contributed by atoms with Crippen LogP contribution in [-0.4, -0.2) is 42.2 Å². The molecule has 3 aromatic rings. The molecule has 2 heterocycles. The molecule has 10 nitrogen and oxygen atoms in total. The quantitative estimate of drug-likeness (QED) is 0.400. The maximum absolute atomic E-state index is 14.0. The second kappa shape index (κ2) is 10.0. The topological polar surface area (TPSA) is 137 Å². The number of aromatic nitrogens is 2. The number of sulfonamides is 1. The van der Waals surface area contributed by atoms with Crippen molar-refractivity contribution in [1.82, 2.24) is 14.3 Å². The Hall–Kier alpha value is -3.33. The highest BCUT2D eigenvalue weighted by Crippen LogP contribution is 2.44. The first-order valence-electron chi connectivity index (χ1n) is 11.1. The Morgan fingerprint density at radius 1 is 1.18 bits per heavy atom. The summed E-state index contributed by atoms with van der Waals surface area (Å²) >= 11 is 12.3. The number of hydrogen-bond acceptors (Lipinski definition) is 6. The Labute approximate surface area is 230 Å². The fraction of sp³-hybridized carbons (Fsp3) is 0.261. The lowest BCUT2D eigenvalue weighted by atomic mass is 9.92. The van der Waals surface area contributed by atoms with Crippen LogP contribution >= 0.6 is 23.2 Å². The van der Waals surface area contributed by atoms with E-state index >= 15 is 0 Å². The van der Waals surface area contributed by atoms with Crippen molar-refractivity contribution in [3.63, 3.8) is 0 Å². The fourth-order valence-electron chi connectivity index (χ4n) is 4.18. The van der Waals surface area contributed by atoms with Gasteiger partial charge >= 0.3 is 6.36 Å². The van der Waals surface area contributed by atoms with E-state index in [4.69, 9.17) is 28.9 Å². The minimum Gasteiger partial charge on any atom is -0.406 e. The number of ether oxygens (including phenoxy) is 1. The van der Waals surface area contributed by atoms with E-state index in [-0.39, 0.29) is 28.1 Å². The monoisotopic (exact) mass is 605 g/mol. The van der Waals surface area contributed by atoms with Crippen molar-refractivity contribution < 1.29 is 35.9 Å². The Morgan fingerprint density at radius 2 is 1.77 bits per heavy atom. The van der Waals surface area contributed by atoms with Gasteiger partial charge in [-0.15, -0.1) is 13.2 Å². The summed E-state index contributed by atoms with van der Waals surface area (Å²) in [6.07, 6.45) is -4.05. The molecule has 1 aliphatic heterocycles. The predicted molar refractivity (Wildman–Crippen MR) is 135 cm³/mol. The average Bonchev–Trinajstić information content (AvgIpc) is 3.32. The first-order valence-corrected chi connectivity index (χ1v) is 13.3. The van der Waals surface area contributed by atoms with Crippen molar-refractivity contribution in [2.45, 2.75) is 43.2 Å². The van der Waals surface area contributed by atoms with E-state index in [1.165, 1.54) is 48.7 Å². The zero-order valence-corrected chi connectivity index (χ0v) is 22.5. The van der Waals surface area contributed by atoms with Gasteiger partial charge in [0.15, 0.2) is 5.03 Å². The summed E-state index contributed by atoms with van der Waals surface area (Å²) < 4.78 is 71.5. The van der Waals surface area contributed by atoms with Gasteiger partial charge in [-0.2, -0.15) is 4.72 Å². The summed E-state index contributed by atoms with van der Waals surface area (Å²) in [6, 6.07) is 7.79. The molecule has 1 aromatic heterocycles. The summed E-state index contributed by atoms with van der Waals surface area (Å²) in [4.78, 5) is 30.8. The molecule has 0 aliphatic carbocycles. The molecular weight excluding hydrogens is 586 g/mol. The summed E-state index contributed by atoms with van der Waals surface area (Å²) in [7, 11) is -4.45. The summed E-state index contributed by atoms with van der Waals surface area (Å²) in [5.74, 6) is -2.13. The molecule has 0 radical (unpaired) electrons. The molecule has 3 N–H and O–H groups in total. The van der Waals surface area contributed by atoms with Gasteiger partial charge in [0, 0.05) is 16.5 Å². The van der Waals surface area contributed by atoms with Crippen LogP contribution < -0.4 is 20.1 Å². The van der Waals surface area contributed by atoms with Crippen molar-refractivity contribution in [3.05, 3.63) is 64.3 Å². The van der Waals surface area contributed by atoms with Crippen LogP contribution in [0.2, 0.25) is 10.0 Å². The smallest absolute Gasteiger partial charge is 0.406 e. The van der Waals surface area contributed by atoms with Gasteiger partial charge in [0.25, 0.3) is 15.9 Å².